The molecule has 0 amide bonds. The predicted octanol–water partition coefficient (Wildman–Crippen LogP) is 3.98. The zero-order valence-electron chi connectivity index (χ0n) is 8.46. The van der Waals surface area contributed by atoms with Crippen LogP contribution in [0.15, 0.2) is 36.9 Å². The predicted molar refractivity (Wildman–Crippen MR) is 59.6 cm³/mol. The molecule has 0 heterocycles. The standard InChI is InChI=1S/C13H15F/c1-3-5-7-12-9-8-11(6-4-2)10-13(12)14/h3-4,6,8-10H,1,5,7H2,2H3. The van der Waals surface area contributed by atoms with Gasteiger partial charge in [-0.15, -0.1) is 6.58 Å². The monoisotopic (exact) mass is 190 g/mol. The summed E-state index contributed by atoms with van der Waals surface area (Å²) in [4.78, 5) is 0. The van der Waals surface area contributed by atoms with E-state index in [0.717, 1.165) is 24.0 Å². The van der Waals surface area contributed by atoms with Crippen LogP contribution in [0, 0.1) is 5.82 Å². The second-order valence-corrected chi connectivity index (χ2v) is 3.18. The fourth-order valence-electron chi connectivity index (χ4n) is 1.32. The normalized spacial score (nSPS) is 10.7. The first-order chi connectivity index (χ1) is 6.77. The molecule has 1 aromatic rings. The van der Waals surface area contributed by atoms with Crippen LogP contribution < -0.4 is 0 Å². The third kappa shape index (κ3) is 2.84. The van der Waals surface area contributed by atoms with E-state index in [1.807, 2.05) is 31.2 Å². The van der Waals surface area contributed by atoms with Gasteiger partial charge in [0.1, 0.15) is 5.82 Å². The summed E-state index contributed by atoms with van der Waals surface area (Å²) in [5.41, 5.74) is 1.67. The molecule has 0 aliphatic carbocycles. The average Bonchev–Trinajstić information content (AvgIpc) is 2.17. The molecule has 1 rings (SSSR count). The number of allylic oxidation sites excluding steroid dienone is 2. The first-order valence-corrected chi connectivity index (χ1v) is 4.80. The van der Waals surface area contributed by atoms with Crippen molar-refractivity contribution in [2.75, 3.05) is 0 Å². The summed E-state index contributed by atoms with van der Waals surface area (Å²) >= 11 is 0. The number of aryl methyl sites for hydroxylation is 1. The second-order valence-electron chi connectivity index (χ2n) is 3.18. The number of halogens is 1. The molecule has 0 aliphatic heterocycles. The summed E-state index contributed by atoms with van der Waals surface area (Å²) in [6.45, 7) is 5.54. The molecular formula is C13H15F. The molecule has 14 heavy (non-hydrogen) atoms. The van der Waals surface area contributed by atoms with Crippen LogP contribution in [0.3, 0.4) is 0 Å². The minimum absolute atomic E-state index is 0.123. The summed E-state index contributed by atoms with van der Waals surface area (Å²) in [6.07, 6.45) is 7.14. The Bertz CT molecular complexity index is 337. The molecule has 0 saturated heterocycles. The van der Waals surface area contributed by atoms with Gasteiger partial charge in [-0.3, -0.25) is 0 Å². The SMILES string of the molecule is C=CCCc1ccc(C=CC)cc1F. The number of hydrogen-bond acceptors (Lipinski definition) is 0. The summed E-state index contributed by atoms with van der Waals surface area (Å²) in [7, 11) is 0. The topological polar surface area (TPSA) is 0 Å². The highest BCUT2D eigenvalue weighted by molar-refractivity contribution is 5.49. The largest absolute Gasteiger partial charge is 0.207 e. The van der Waals surface area contributed by atoms with Gasteiger partial charge in [-0.25, -0.2) is 4.39 Å². The van der Waals surface area contributed by atoms with Gasteiger partial charge >= 0.3 is 0 Å². The minimum Gasteiger partial charge on any atom is -0.207 e. The van der Waals surface area contributed by atoms with E-state index < -0.39 is 0 Å². The first kappa shape index (κ1) is 10.7. The lowest BCUT2D eigenvalue weighted by atomic mass is 10.1. The summed E-state index contributed by atoms with van der Waals surface area (Å²) in [5, 5.41) is 0. The van der Waals surface area contributed by atoms with Crippen LogP contribution in [-0.4, -0.2) is 0 Å². The van der Waals surface area contributed by atoms with Crippen molar-refractivity contribution in [1.82, 2.24) is 0 Å². The fourth-order valence-corrected chi connectivity index (χ4v) is 1.32. The third-order valence-corrected chi connectivity index (χ3v) is 2.05. The van der Waals surface area contributed by atoms with Crippen molar-refractivity contribution in [2.24, 2.45) is 0 Å². The van der Waals surface area contributed by atoms with Crippen LogP contribution >= 0.6 is 0 Å². The van der Waals surface area contributed by atoms with Crippen molar-refractivity contribution in [3.8, 4) is 0 Å². The Hall–Kier alpha value is -1.37. The van der Waals surface area contributed by atoms with Crippen LogP contribution in [0.25, 0.3) is 6.08 Å². The Balaban J connectivity index is 2.83. The van der Waals surface area contributed by atoms with Gasteiger partial charge in [-0.1, -0.05) is 30.4 Å². The molecule has 0 bridgehead atoms. The molecule has 0 spiro atoms. The summed E-state index contributed by atoms with van der Waals surface area (Å²) in [5.74, 6) is -0.123. The highest BCUT2D eigenvalue weighted by Gasteiger charge is 2.00. The van der Waals surface area contributed by atoms with E-state index >= 15 is 0 Å². The van der Waals surface area contributed by atoms with E-state index in [0.29, 0.717) is 0 Å². The molecule has 0 unspecified atom stereocenters. The quantitative estimate of drug-likeness (QED) is 0.630. The zero-order valence-corrected chi connectivity index (χ0v) is 8.46. The van der Waals surface area contributed by atoms with Crippen molar-refractivity contribution in [1.29, 1.82) is 0 Å². The van der Waals surface area contributed by atoms with Crippen LogP contribution in [-0.2, 0) is 6.42 Å². The summed E-state index contributed by atoms with van der Waals surface area (Å²) < 4.78 is 13.4. The van der Waals surface area contributed by atoms with E-state index in [-0.39, 0.29) is 5.82 Å². The zero-order chi connectivity index (χ0) is 10.4. The van der Waals surface area contributed by atoms with Crippen molar-refractivity contribution in [2.45, 2.75) is 19.8 Å². The van der Waals surface area contributed by atoms with Gasteiger partial charge in [0, 0.05) is 0 Å². The number of benzene rings is 1. The lowest BCUT2D eigenvalue weighted by Gasteiger charge is -2.02. The van der Waals surface area contributed by atoms with Crippen molar-refractivity contribution in [3.63, 3.8) is 0 Å². The second kappa shape index (κ2) is 5.38. The van der Waals surface area contributed by atoms with Gasteiger partial charge in [0.05, 0.1) is 0 Å². The number of hydrogen-bond donors (Lipinski definition) is 0. The van der Waals surface area contributed by atoms with E-state index in [1.165, 1.54) is 0 Å². The molecule has 0 aliphatic rings. The molecule has 0 aromatic heterocycles. The van der Waals surface area contributed by atoms with E-state index in [9.17, 15) is 4.39 Å². The summed E-state index contributed by atoms with van der Waals surface area (Å²) in [6, 6.07) is 5.34. The van der Waals surface area contributed by atoms with Gasteiger partial charge in [0.2, 0.25) is 0 Å². The van der Waals surface area contributed by atoms with Crippen LogP contribution in [0.2, 0.25) is 0 Å². The van der Waals surface area contributed by atoms with Gasteiger partial charge in [0.15, 0.2) is 0 Å². The van der Waals surface area contributed by atoms with Crippen molar-refractivity contribution in [3.05, 3.63) is 53.9 Å². The molecule has 0 fully saturated rings. The third-order valence-electron chi connectivity index (χ3n) is 2.05. The van der Waals surface area contributed by atoms with E-state index in [1.54, 1.807) is 12.1 Å². The van der Waals surface area contributed by atoms with Crippen LogP contribution in [0.1, 0.15) is 24.5 Å². The lowest BCUT2D eigenvalue weighted by Crippen LogP contribution is -1.90. The van der Waals surface area contributed by atoms with Crippen LogP contribution in [0.5, 0.6) is 0 Å². The van der Waals surface area contributed by atoms with E-state index in [2.05, 4.69) is 6.58 Å². The van der Waals surface area contributed by atoms with E-state index in [4.69, 9.17) is 0 Å². The molecule has 0 atom stereocenters. The molecule has 1 heteroatoms. The average molecular weight is 190 g/mol. The van der Waals surface area contributed by atoms with Gasteiger partial charge in [-0.2, -0.15) is 0 Å². The maximum atomic E-state index is 13.4. The van der Waals surface area contributed by atoms with Gasteiger partial charge in [0.25, 0.3) is 0 Å². The Labute approximate surface area is 84.8 Å². The smallest absolute Gasteiger partial charge is 0.127 e. The Morgan fingerprint density at radius 3 is 2.79 bits per heavy atom. The van der Waals surface area contributed by atoms with Gasteiger partial charge in [-0.05, 0) is 37.0 Å². The first-order valence-electron chi connectivity index (χ1n) is 4.80. The Morgan fingerprint density at radius 2 is 2.21 bits per heavy atom. The molecular weight excluding hydrogens is 175 g/mol. The molecule has 0 radical (unpaired) electrons. The van der Waals surface area contributed by atoms with Gasteiger partial charge < -0.3 is 0 Å². The molecule has 0 saturated carbocycles. The Kier molecular flexibility index (Phi) is 4.11. The molecule has 0 N–H and O–H groups in total. The van der Waals surface area contributed by atoms with Crippen molar-refractivity contribution < 1.29 is 4.39 Å². The lowest BCUT2D eigenvalue weighted by molar-refractivity contribution is 0.609. The number of rotatable bonds is 4. The highest BCUT2D eigenvalue weighted by Crippen LogP contribution is 2.13. The fraction of sp³-hybridized carbons (Fsp3) is 0.231. The molecule has 1 aromatic carbocycles. The van der Waals surface area contributed by atoms with Crippen molar-refractivity contribution >= 4 is 6.08 Å². The maximum Gasteiger partial charge on any atom is 0.127 e. The maximum absolute atomic E-state index is 13.4. The Morgan fingerprint density at radius 1 is 1.43 bits per heavy atom. The van der Waals surface area contributed by atoms with Crippen LogP contribution in [0.4, 0.5) is 4.39 Å². The highest BCUT2D eigenvalue weighted by atomic mass is 19.1. The molecule has 74 valence electrons. The minimum atomic E-state index is -0.123. The molecule has 0 nitrogen and oxygen atoms in total.